The number of carbonyl (C=O) groups excluding carboxylic acids is 1. The molecule has 0 aliphatic heterocycles. The lowest BCUT2D eigenvalue weighted by Gasteiger charge is -2.15. The first-order valence-corrected chi connectivity index (χ1v) is 8.02. The van der Waals surface area contributed by atoms with E-state index in [4.69, 9.17) is 11.6 Å². The highest BCUT2D eigenvalue weighted by molar-refractivity contribution is 6.30. The van der Waals surface area contributed by atoms with Gasteiger partial charge in [0.2, 0.25) is 5.91 Å². The van der Waals surface area contributed by atoms with Gasteiger partial charge in [0.05, 0.1) is 12.5 Å². The SMILES string of the molecule is C[C@@H](NC(=O)Cc1ccc2ccccc2c1)c1cccc(Cl)c1. The molecule has 0 aromatic heterocycles. The van der Waals surface area contributed by atoms with Crippen LogP contribution in [0.15, 0.2) is 66.7 Å². The van der Waals surface area contributed by atoms with Gasteiger partial charge in [-0.2, -0.15) is 0 Å². The van der Waals surface area contributed by atoms with Crippen LogP contribution in [-0.4, -0.2) is 5.91 Å². The van der Waals surface area contributed by atoms with Gasteiger partial charge < -0.3 is 5.32 Å². The van der Waals surface area contributed by atoms with E-state index in [0.717, 1.165) is 16.5 Å². The summed E-state index contributed by atoms with van der Waals surface area (Å²) in [6.45, 7) is 1.96. The van der Waals surface area contributed by atoms with Gasteiger partial charge in [-0.25, -0.2) is 0 Å². The topological polar surface area (TPSA) is 29.1 Å². The lowest BCUT2D eigenvalue weighted by Crippen LogP contribution is -2.28. The maximum absolute atomic E-state index is 12.3. The minimum atomic E-state index is -0.0679. The number of rotatable bonds is 4. The number of benzene rings is 3. The van der Waals surface area contributed by atoms with E-state index in [1.54, 1.807) is 0 Å². The predicted molar refractivity (Wildman–Crippen MR) is 95.7 cm³/mol. The fourth-order valence-corrected chi connectivity index (χ4v) is 2.88. The summed E-state index contributed by atoms with van der Waals surface area (Å²) in [6.07, 6.45) is 0.371. The van der Waals surface area contributed by atoms with Crippen LogP contribution in [0.4, 0.5) is 0 Å². The quantitative estimate of drug-likeness (QED) is 0.726. The summed E-state index contributed by atoms with van der Waals surface area (Å²) < 4.78 is 0. The minimum absolute atomic E-state index is 0.00718. The summed E-state index contributed by atoms with van der Waals surface area (Å²) >= 11 is 6.00. The van der Waals surface area contributed by atoms with Crippen LogP contribution < -0.4 is 5.32 Å². The van der Waals surface area contributed by atoms with Gasteiger partial charge in [0, 0.05) is 5.02 Å². The summed E-state index contributed by atoms with van der Waals surface area (Å²) in [7, 11) is 0. The van der Waals surface area contributed by atoms with Crippen LogP contribution in [0.1, 0.15) is 24.1 Å². The van der Waals surface area contributed by atoms with Gasteiger partial charge in [-0.3, -0.25) is 4.79 Å². The molecule has 0 unspecified atom stereocenters. The molecular weight excluding hydrogens is 306 g/mol. The van der Waals surface area contributed by atoms with E-state index in [1.807, 2.05) is 49.4 Å². The third-order valence-corrected chi connectivity index (χ3v) is 4.14. The Kier molecular flexibility index (Phi) is 4.63. The second-order valence-electron chi connectivity index (χ2n) is 5.70. The average Bonchev–Trinajstić information content (AvgIpc) is 2.54. The largest absolute Gasteiger partial charge is 0.349 e. The predicted octanol–water partition coefficient (Wildman–Crippen LogP) is 4.91. The lowest BCUT2D eigenvalue weighted by atomic mass is 10.0. The van der Waals surface area contributed by atoms with Crippen LogP contribution in [0.5, 0.6) is 0 Å². The lowest BCUT2D eigenvalue weighted by molar-refractivity contribution is -0.121. The van der Waals surface area contributed by atoms with Gasteiger partial charge in [-0.15, -0.1) is 0 Å². The van der Waals surface area contributed by atoms with Crippen molar-refractivity contribution in [3.63, 3.8) is 0 Å². The zero-order chi connectivity index (χ0) is 16.2. The Balaban J connectivity index is 1.68. The molecule has 2 nitrogen and oxygen atoms in total. The molecule has 1 amide bonds. The molecule has 1 N–H and O–H groups in total. The summed E-state index contributed by atoms with van der Waals surface area (Å²) in [6, 6.07) is 21.8. The van der Waals surface area contributed by atoms with E-state index in [0.29, 0.717) is 11.4 Å². The third kappa shape index (κ3) is 3.91. The van der Waals surface area contributed by atoms with Gasteiger partial charge in [-0.05, 0) is 41.0 Å². The van der Waals surface area contributed by atoms with Crippen molar-refractivity contribution in [2.24, 2.45) is 0 Å². The van der Waals surface area contributed by atoms with E-state index in [2.05, 4.69) is 29.6 Å². The van der Waals surface area contributed by atoms with Crippen LogP contribution in [0.2, 0.25) is 5.02 Å². The normalized spacial score (nSPS) is 12.1. The van der Waals surface area contributed by atoms with E-state index < -0.39 is 0 Å². The molecule has 116 valence electrons. The molecule has 0 spiro atoms. The second kappa shape index (κ2) is 6.84. The fraction of sp³-hybridized carbons (Fsp3) is 0.150. The standard InChI is InChI=1S/C20H18ClNO/c1-14(17-7-4-8-19(21)13-17)22-20(23)12-15-9-10-16-5-2-3-6-18(16)11-15/h2-11,13-14H,12H2,1H3,(H,22,23)/t14-/m1/s1. The first-order chi connectivity index (χ1) is 11.1. The molecule has 3 aromatic carbocycles. The van der Waals surface area contributed by atoms with Crippen molar-refractivity contribution in [2.75, 3.05) is 0 Å². The van der Waals surface area contributed by atoms with Crippen LogP contribution in [0.3, 0.4) is 0 Å². The second-order valence-corrected chi connectivity index (χ2v) is 6.14. The van der Waals surface area contributed by atoms with Crippen molar-refractivity contribution in [3.05, 3.63) is 82.9 Å². The summed E-state index contributed by atoms with van der Waals surface area (Å²) in [5, 5.41) is 6.04. The van der Waals surface area contributed by atoms with Gasteiger partial charge in [0.15, 0.2) is 0 Å². The highest BCUT2D eigenvalue weighted by Crippen LogP contribution is 2.18. The van der Waals surface area contributed by atoms with E-state index in [-0.39, 0.29) is 11.9 Å². The number of amides is 1. The number of hydrogen-bond donors (Lipinski definition) is 1. The van der Waals surface area contributed by atoms with Crippen molar-refractivity contribution in [1.82, 2.24) is 5.32 Å². The maximum Gasteiger partial charge on any atom is 0.224 e. The number of carbonyl (C=O) groups is 1. The molecule has 23 heavy (non-hydrogen) atoms. The smallest absolute Gasteiger partial charge is 0.224 e. The van der Waals surface area contributed by atoms with Gasteiger partial charge >= 0.3 is 0 Å². The summed E-state index contributed by atoms with van der Waals surface area (Å²) in [5.74, 6) is 0.00718. The van der Waals surface area contributed by atoms with Crippen molar-refractivity contribution in [2.45, 2.75) is 19.4 Å². The Morgan fingerprint density at radius 1 is 1.00 bits per heavy atom. The van der Waals surface area contributed by atoms with E-state index in [1.165, 1.54) is 5.39 Å². The van der Waals surface area contributed by atoms with E-state index in [9.17, 15) is 4.79 Å². The molecule has 0 saturated heterocycles. The monoisotopic (exact) mass is 323 g/mol. The molecule has 3 heteroatoms. The van der Waals surface area contributed by atoms with Crippen molar-refractivity contribution >= 4 is 28.3 Å². The Hall–Kier alpha value is -2.32. The van der Waals surface area contributed by atoms with Crippen LogP contribution >= 0.6 is 11.6 Å². The summed E-state index contributed by atoms with van der Waals surface area (Å²) in [5.41, 5.74) is 2.02. The van der Waals surface area contributed by atoms with Crippen molar-refractivity contribution < 1.29 is 4.79 Å². The third-order valence-electron chi connectivity index (χ3n) is 3.90. The molecule has 0 radical (unpaired) electrons. The first-order valence-electron chi connectivity index (χ1n) is 7.64. The van der Waals surface area contributed by atoms with Gasteiger partial charge in [-0.1, -0.05) is 66.2 Å². The Morgan fingerprint density at radius 2 is 1.78 bits per heavy atom. The Morgan fingerprint density at radius 3 is 2.57 bits per heavy atom. The number of fused-ring (bicyclic) bond motifs is 1. The molecule has 0 aliphatic carbocycles. The first kappa shape index (κ1) is 15.6. The van der Waals surface area contributed by atoms with Crippen LogP contribution in [-0.2, 0) is 11.2 Å². The van der Waals surface area contributed by atoms with Crippen molar-refractivity contribution in [1.29, 1.82) is 0 Å². The molecule has 3 aromatic rings. The highest BCUT2D eigenvalue weighted by Gasteiger charge is 2.10. The number of nitrogens with one attached hydrogen (secondary N) is 1. The van der Waals surface area contributed by atoms with Crippen LogP contribution in [0, 0.1) is 0 Å². The van der Waals surface area contributed by atoms with Crippen molar-refractivity contribution in [3.8, 4) is 0 Å². The molecule has 0 saturated carbocycles. The molecular formula is C20H18ClNO. The maximum atomic E-state index is 12.3. The fourth-order valence-electron chi connectivity index (χ4n) is 2.69. The zero-order valence-electron chi connectivity index (χ0n) is 12.9. The molecule has 1 atom stereocenters. The molecule has 0 aliphatic rings. The Bertz CT molecular complexity index is 844. The minimum Gasteiger partial charge on any atom is -0.349 e. The Labute approximate surface area is 141 Å². The van der Waals surface area contributed by atoms with Crippen LogP contribution in [0.25, 0.3) is 10.8 Å². The average molecular weight is 324 g/mol. The highest BCUT2D eigenvalue weighted by atomic mass is 35.5. The molecule has 3 rings (SSSR count). The summed E-state index contributed by atoms with van der Waals surface area (Å²) in [4.78, 5) is 12.3. The number of hydrogen-bond acceptors (Lipinski definition) is 1. The van der Waals surface area contributed by atoms with E-state index >= 15 is 0 Å². The number of halogens is 1. The molecule has 0 fully saturated rings. The molecule has 0 bridgehead atoms. The van der Waals surface area contributed by atoms with Gasteiger partial charge in [0.1, 0.15) is 0 Å². The zero-order valence-corrected chi connectivity index (χ0v) is 13.7. The molecule has 0 heterocycles. The van der Waals surface area contributed by atoms with Gasteiger partial charge in [0.25, 0.3) is 0 Å².